The van der Waals surface area contributed by atoms with Crippen molar-refractivity contribution in [3.05, 3.63) is 41.5 Å². The van der Waals surface area contributed by atoms with Crippen molar-refractivity contribution in [2.45, 2.75) is 135 Å². The summed E-state index contributed by atoms with van der Waals surface area (Å²) in [6, 6.07) is 5.54. The number of Topliss-reactive ketones (excluding diaryl/α,β-unsaturated/α-hetero) is 1. The molecule has 12 atom stereocenters. The lowest BCUT2D eigenvalue weighted by molar-refractivity contribution is -0.294. The highest BCUT2D eigenvalue weighted by Gasteiger charge is 2.60. The van der Waals surface area contributed by atoms with Gasteiger partial charge in [0.25, 0.3) is 0 Å². The zero-order valence-electron chi connectivity index (χ0n) is 32.0. The molecule has 1 unspecified atom stereocenters. The van der Waals surface area contributed by atoms with Crippen LogP contribution in [0, 0.1) is 17.8 Å². The number of aliphatic hydroxyl groups excluding tert-OH is 1. The Labute approximate surface area is 302 Å². The summed E-state index contributed by atoms with van der Waals surface area (Å²) in [5, 5.41) is 22.7. The number of rotatable bonds is 8. The molecule has 286 valence electrons. The number of nitrogens with zero attached hydrogens (tertiary/aromatic N) is 2. The second-order valence-corrected chi connectivity index (χ2v) is 15.3. The Bertz CT molecular complexity index is 1440. The largest absolute Gasteiger partial charge is 0.508 e. The lowest BCUT2D eigenvalue weighted by Gasteiger charge is -2.46. The number of phenols is 1. The van der Waals surface area contributed by atoms with Crippen LogP contribution in [0.4, 0.5) is 4.79 Å². The fraction of sp³-hybridized carbons (Fsp3) is 0.711. The molecule has 3 heterocycles. The summed E-state index contributed by atoms with van der Waals surface area (Å²) in [7, 11) is 5.36. The second kappa shape index (κ2) is 16.3. The number of amides is 1. The van der Waals surface area contributed by atoms with Crippen molar-refractivity contribution in [3.63, 3.8) is 0 Å². The number of nitrogens with one attached hydrogen (secondary N) is 1. The van der Waals surface area contributed by atoms with E-state index >= 15 is 0 Å². The van der Waals surface area contributed by atoms with Gasteiger partial charge in [0.2, 0.25) is 0 Å². The molecule has 3 aliphatic heterocycles. The van der Waals surface area contributed by atoms with Crippen LogP contribution in [0.2, 0.25) is 0 Å². The number of phenolic OH excluding ortho intramolecular Hbond substituents is 1. The molecule has 2 fully saturated rings. The molecule has 13 nitrogen and oxygen atoms in total. The molecule has 1 aromatic carbocycles. The zero-order chi connectivity index (χ0) is 38.0. The Morgan fingerprint density at radius 3 is 2.41 bits per heavy atom. The van der Waals surface area contributed by atoms with Crippen molar-refractivity contribution in [2.75, 3.05) is 21.2 Å². The smallest absolute Gasteiger partial charge is 0.425 e. The van der Waals surface area contributed by atoms with E-state index in [1.54, 1.807) is 58.2 Å². The van der Waals surface area contributed by atoms with E-state index in [2.05, 4.69) is 5.43 Å². The highest BCUT2D eigenvalue weighted by molar-refractivity contribution is 5.88. The third kappa shape index (κ3) is 8.60. The number of methoxy groups -OCH3 is 1. The molecule has 3 aliphatic rings. The molecule has 3 N–H and O–H groups in total. The van der Waals surface area contributed by atoms with E-state index in [0.29, 0.717) is 24.0 Å². The topological polar surface area (TPSA) is 156 Å². The van der Waals surface area contributed by atoms with Gasteiger partial charge in [0.1, 0.15) is 29.8 Å². The van der Waals surface area contributed by atoms with E-state index < -0.39 is 71.7 Å². The van der Waals surface area contributed by atoms with Gasteiger partial charge in [-0.3, -0.25) is 4.79 Å². The SMILES string of the molecule is CCC1OC(=O)/C(C)=C/[C@H](C)[C@@H](O[C@@H]2O[C@H](C)C[C@H](N(C)C)[C@H]2O)[C@](C)(OC)C[C@@H](C)C(=O)[C@H](C)[C@H]2N(NCc3cccc(O)c3)C(=O)O[C@]12C. The molecular formula is C38H59N3O10. The van der Waals surface area contributed by atoms with Gasteiger partial charge in [-0.2, -0.15) is 0 Å². The number of aromatic hydroxyl groups is 1. The molecule has 0 aliphatic carbocycles. The van der Waals surface area contributed by atoms with Crippen LogP contribution in [0.1, 0.15) is 80.2 Å². The summed E-state index contributed by atoms with van der Waals surface area (Å²) >= 11 is 0. The van der Waals surface area contributed by atoms with Gasteiger partial charge in [-0.15, -0.1) is 0 Å². The van der Waals surface area contributed by atoms with Crippen LogP contribution in [0.25, 0.3) is 0 Å². The third-order valence-corrected chi connectivity index (χ3v) is 11.0. The van der Waals surface area contributed by atoms with E-state index in [1.807, 2.05) is 53.6 Å². The predicted octanol–water partition coefficient (Wildman–Crippen LogP) is 4.34. The zero-order valence-corrected chi connectivity index (χ0v) is 32.0. The van der Waals surface area contributed by atoms with E-state index in [4.69, 9.17) is 23.7 Å². The maximum Gasteiger partial charge on any atom is 0.425 e. The number of hydrogen-bond donors (Lipinski definition) is 3. The Hall–Kier alpha value is -3.07. The van der Waals surface area contributed by atoms with Crippen molar-refractivity contribution < 1.29 is 48.3 Å². The average molecular weight is 718 g/mol. The van der Waals surface area contributed by atoms with Gasteiger partial charge in [-0.1, -0.05) is 45.9 Å². The quantitative estimate of drug-likeness (QED) is 0.328. The fourth-order valence-electron chi connectivity index (χ4n) is 8.28. The van der Waals surface area contributed by atoms with Crippen LogP contribution in [0.5, 0.6) is 5.75 Å². The van der Waals surface area contributed by atoms with Crippen LogP contribution < -0.4 is 5.43 Å². The Morgan fingerprint density at radius 1 is 1.12 bits per heavy atom. The van der Waals surface area contributed by atoms with Gasteiger partial charge in [0.05, 0.1) is 17.8 Å². The first-order valence-electron chi connectivity index (χ1n) is 18.0. The molecule has 1 amide bonds. The van der Waals surface area contributed by atoms with Gasteiger partial charge < -0.3 is 38.8 Å². The number of likely N-dealkylation sites (N-methyl/N-ethyl adjacent to an activating group) is 1. The molecule has 1 aromatic rings. The molecule has 51 heavy (non-hydrogen) atoms. The summed E-state index contributed by atoms with van der Waals surface area (Å²) in [5.41, 5.74) is 1.65. The molecule has 0 bridgehead atoms. The first-order chi connectivity index (χ1) is 23.9. The number of hydrazine groups is 1. The molecule has 0 radical (unpaired) electrons. The number of esters is 1. The van der Waals surface area contributed by atoms with Gasteiger partial charge in [-0.25, -0.2) is 20.0 Å². The first-order valence-corrected chi connectivity index (χ1v) is 18.0. The van der Waals surface area contributed by atoms with Gasteiger partial charge in [-0.05, 0) is 78.7 Å². The monoisotopic (exact) mass is 717 g/mol. The summed E-state index contributed by atoms with van der Waals surface area (Å²) in [6.45, 7) is 14.6. The van der Waals surface area contributed by atoms with Crippen molar-refractivity contribution in [1.29, 1.82) is 0 Å². The van der Waals surface area contributed by atoms with Crippen LogP contribution >= 0.6 is 0 Å². The predicted molar refractivity (Wildman–Crippen MR) is 189 cm³/mol. The highest BCUT2D eigenvalue weighted by atomic mass is 16.7. The van der Waals surface area contributed by atoms with Crippen molar-refractivity contribution in [2.24, 2.45) is 17.8 Å². The van der Waals surface area contributed by atoms with Crippen LogP contribution in [0.3, 0.4) is 0 Å². The van der Waals surface area contributed by atoms with Gasteiger partial charge in [0.15, 0.2) is 11.9 Å². The second-order valence-electron chi connectivity index (χ2n) is 15.3. The summed E-state index contributed by atoms with van der Waals surface area (Å²) in [4.78, 5) is 43.9. The van der Waals surface area contributed by atoms with E-state index in [9.17, 15) is 24.6 Å². The van der Waals surface area contributed by atoms with Crippen LogP contribution in [0.15, 0.2) is 35.9 Å². The van der Waals surface area contributed by atoms with Crippen molar-refractivity contribution in [3.8, 4) is 5.75 Å². The number of aliphatic hydroxyl groups is 1. The molecule has 13 heteroatoms. The molecular weight excluding hydrogens is 658 g/mol. The Morgan fingerprint density at radius 2 is 1.80 bits per heavy atom. The number of ether oxygens (including phenoxy) is 5. The number of cyclic esters (lactones) is 1. The van der Waals surface area contributed by atoms with E-state index in [0.717, 1.165) is 0 Å². The minimum Gasteiger partial charge on any atom is -0.508 e. The number of benzene rings is 1. The summed E-state index contributed by atoms with van der Waals surface area (Å²) < 4.78 is 31.2. The maximum atomic E-state index is 14.5. The minimum atomic E-state index is -1.40. The standard InChI is InChI=1S/C38H59N3O10/c1-12-29-38(8)32(41(36(46)51-38)39-20-26-14-13-15-27(42)18-26)25(6)30(43)23(4)19-37(7,47-11)33(21(2)16-22(3)34(45)49-29)50-35-31(44)28(40(9)10)17-24(5)48-35/h13-16,18,21,23-25,28-29,31-33,35,39,42,44H,12,17,19-20H2,1-11H3/b22-16+/t21-,23+,24+,25-,28-,29?,31+,32+,33+,35-,37+,38+/m0/s1. The molecule has 0 aromatic heterocycles. The number of ketones is 1. The molecule has 0 saturated carbocycles. The minimum absolute atomic E-state index is 0.0780. The normalized spacial score (nSPS) is 39.5. The van der Waals surface area contributed by atoms with E-state index in [1.165, 1.54) is 5.01 Å². The first kappa shape index (κ1) is 40.7. The molecule has 2 saturated heterocycles. The number of carbonyl (C=O) groups is 3. The molecule has 4 rings (SSSR count). The fourth-order valence-corrected chi connectivity index (χ4v) is 8.28. The number of carbonyl (C=O) groups excluding carboxylic acids is 3. The summed E-state index contributed by atoms with van der Waals surface area (Å²) in [5.74, 6) is -2.51. The van der Waals surface area contributed by atoms with Gasteiger partial charge in [0, 0.05) is 43.0 Å². The number of hydrogen-bond acceptors (Lipinski definition) is 12. The third-order valence-electron chi connectivity index (χ3n) is 11.0. The average Bonchev–Trinajstić information content (AvgIpc) is 3.33. The maximum absolute atomic E-state index is 14.5. The van der Waals surface area contributed by atoms with Crippen molar-refractivity contribution >= 4 is 17.8 Å². The Kier molecular flexibility index (Phi) is 13.0. The lowest BCUT2D eigenvalue weighted by Crippen LogP contribution is -2.60. The summed E-state index contributed by atoms with van der Waals surface area (Å²) in [6.07, 6.45) is -1.62. The number of fused-ring (bicyclic) bond motifs is 1. The van der Waals surface area contributed by atoms with Gasteiger partial charge >= 0.3 is 12.1 Å². The lowest BCUT2D eigenvalue weighted by atomic mass is 9.74. The highest BCUT2D eigenvalue weighted by Crippen LogP contribution is 2.42. The van der Waals surface area contributed by atoms with Crippen molar-refractivity contribution in [1.82, 2.24) is 15.3 Å². The van der Waals surface area contributed by atoms with E-state index in [-0.39, 0.29) is 36.6 Å². The molecule has 0 spiro atoms. The Balaban J connectivity index is 1.76. The van der Waals surface area contributed by atoms with Crippen LogP contribution in [-0.2, 0) is 39.8 Å². The van der Waals surface area contributed by atoms with Crippen LogP contribution in [-0.4, -0.2) is 113 Å².